The molecule has 1 aliphatic rings. The van der Waals surface area contributed by atoms with Gasteiger partial charge in [-0.05, 0) is 42.3 Å². The van der Waals surface area contributed by atoms with Crippen molar-refractivity contribution < 1.29 is 0 Å². The first kappa shape index (κ1) is 12.1. The van der Waals surface area contributed by atoms with Gasteiger partial charge in [0.25, 0.3) is 0 Å². The molecule has 1 fully saturated rings. The molecule has 1 saturated carbocycles. The van der Waals surface area contributed by atoms with Crippen molar-refractivity contribution >= 4 is 27.8 Å². The number of hydrogen-bond donors (Lipinski definition) is 1. The molecule has 0 aromatic carbocycles. The van der Waals surface area contributed by atoms with Gasteiger partial charge in [0.1, 0.15) is 0 Å². The molecule has 3 rings (SSSR count). The van der Waals surface area contributed by atoms with E-state index in [0.717, 1.165) is 13.1 Å². The smallest absolute Gasteiger partial charge is 0.186 e. The van der Waals surface area contributed by atoms with Crippen LogP contribution < -0.4 is 10.2 Å². The maximum Gasteiger partial charge on any atom is 0.186 e. The van der Waals surface area contributed by atoms with Gasteiger partial charge in [0.2, 0.25) is 0 Å². The molecule has 0 radical (unpaired) electrons. The molecule has 2 heterocycles. The Hall–Kier alpha value is -0.910. The molecule has 0 spiro atoms. The van der Waals surface area contributed by atoms with Crippen molar-refractivity contribution in [1.29, 1.82) is 0 Å². The van der Waals surface area contributed by atoms with Crippen molar-refractivity contribution in [2.24, 2.45) is 0 Å². The largest absolute Gasteiger partial charge is 0.341 e. The molecule has 0 amide bonds. The minimum atomic E-state index is 0.707. The maximum absolute atomic E-state index is 4.58. The SMILES string of the molecule is CNCc1cnc(N(Cc2ccsc2)C2CC2)s1. The molecular weight excluding hydrogens is 262 g/mol. The van der Waals surface area contributed by atoms with E-state index < -0.39 is 0 Å². The van der Waals surface area contributed by atoms with Crippen LogP contribution in [0.25, 0.3) is 0 Å². The normalized spacial score (nSPS) is 14.9. The number of aromatic nitrogens is 1. The van der Waals surface area contributed by atoms with Gasteiger partial charge in [0, 0.05) is 30.2 Å². The third-order valence-corrected chi connectivity index (χ3v) is 4.83. The van der Waals surface area contributed by atoms with Crippen molar-refractivity contribution in [2.75, 3.05) is 11.9 Å². The summed E-state index contributed by atoms with van der Waals surface area (Å²) >= 11 is 3.58. The number of nitrogens with one attached hydrogen (secondary N) is 1. The first-order valence-corrected chi connectivity index (χ1v) is 8.00. The van der Waals surface area contributed by atoms with Gasteiger partial charge in [0.15, 0.2) is 5.13 Å². The molecule has 0 saturated heterocycles. The molecule has 96 valence electrons. The molecule has 1 aliphatic carbocycles. The van der Waals surface area contributed by atoms with E-state index in [1.54, 1.807) is 11.3 Å². The minimum absolute atomic E-state index is 0.707. The molecule has 5 heteroatoms. The highest BCUT2D eigenvalue weighted by Gasteiger charge is 2.31. The topological polar surface area (TPSA) is 28.2 Å². The van der Waals surface area contributed by atoms with Crippen LogP contribution in [0.4, 0.5) is 5.13 Å². The molecule has 0 bridgehead atoms. The second kappa shape index (κ2) is 5.38. The first-order chi connectivity index (χ1) is 8.86. The molecule has 0 atom stereocenters. The molecule has 0 unspecified atom stereocenters. The zero-order valence-corrected chi connectivity index (χ0v) is 12.1. The van der Waals surface area contributed by atoms with Crippen molar-refractivity contribution in [3.63, 3.8) is 0 Å². The van der Waals surface area contributed by atoms with Crippen LogP contribution in [0, 0.1) is 0 Å². The third-order valence-electron chi connectivity index (χ3n) is 3.06. The van der Waals surface area contributed by atoms with E-state index in [-0.39, 0.29) is 0 Å². The summed E-state index contributed by atoms with van der Waals surface area (Å²) in [5.74, 6) is 0. The lowest BCUT2D eigenvalue weighted by molar-refractivity contribution is 0.791. The fourth-order valence-electron chi connectivity index (χ4n) is 2.00. The van der Waals surface area contributed by atoms with Gasteiger partial charge < -0.3 is 10.2 Å². The van der Waals surface area contributed by atoms with Crippen LogP contribution in [0.1, 0.15) is 23.3 Å². The Kier molecular flexibility index (Phi) is 3.63. The molecule has 3 nitrogen and oxygen atoms in total. The Labute approximate surface area is 115 Å². The fraction of sp³-hybridized carbons (Fsp3) is 0.462. The number of nitrogens with zero attached hydrogens (tertiary/aromatic N) is 2. The summed E-state index contributed by atoms with van der Waals surface area (Å²) in [6.07, 6.45) is 4.62. The van der Waals surface area contributed by atoms with Crippen molar-refractivity contribution in [3.8, 4) is 0 Å². The van der Waals surface area contributed by atoms with Gasteiger partial charge in [-0.15, -0.1) is 11.3 Å². The van der Waals surface area contributed by atoms with E-state index in [2.05, 4.69) is 32.0 Å². The van der Waals surface area contributed by atoms with E-state index in [1.165, 1.54) is 28.4 Å². The van der Waals surface area contributed by atoms with Gasteiger partial charge in [0.05, 0.1) is 0 Å². The number of rotatable bonds is 6. The Balaban J connectivity index is 1.76. The maximum atomic E-state index is 4.58. The van der Waals surface area contributed by atoms with Crippen molar-refractivity contribution in [2.45, 2.75) is 32.0 Å². The van der Waals surface area contributed by atoms with Crippen LogP contribution >= 0.6 is 22.7 Å². The summed E-state index contributed by atoms with van der Waals surface area (Å²) in [5, 5.41) is 8.74. The summed E-state index contributed by atoms with van der Waals surface area (Å²) in [6.45, 7) is 1.91. The van der Waals surface area contributed by atoms with Crippen LogP contribution in [0.5, 0.6) is 0 Å². The number of thiazole rings is 1. The van der Waals surface area contributed by atoms with E-state index in [9.17, 15) is 0 Å². The Bertz CT molecular complexity index is 488. The highest BCUT2D eigenvalue weighted by molar-refractivity contribution is 7.15. The highest BCUT2D eigenvalue weighted by atomic mass is 32.1. The van der Waals surface area contributed by atoms with E-state index in [4.69, 9.17) is 0 Å². The molecule has 2 aromatic heterocycles. The van der Waals surface area contributed by atoms with Crippen molar-refractivity contribution in [1.82, 2.24) is 10.3 Å². The van der Waals surface area contributed by atoms with E-state index in [0.29, 0.717) is 6.04 Å². The van der Waals surface area contributed by atoms with Crippen LogP contribution in [0.3, 0.4) is 0 Å². The van der Waals surface area contributed by atoms with E-state index >= 15 is 0 Å². The molecular formula is C13H17N3S2. The average Bonchev–Trinajstić information content (AvgIpc) is 2.89. The van der Waals surface area contributed by atoms with Gasteiger partial charge in [-0.25, -0.2) is 4.98 Å². The summed E-state index contributed by atoms with van der Waals surface area (Å²) in [7, 11) is 1.98. The highest BCUT2D eigenvalue weighted by Crippen LogP contribution is 2.35. The molecule has 18 heavy (non-hydrogen) atoms. The predicted molar refractivity (Wildman–Crippen MR) is 78.4 cm³/mol. The summed E-state index contributed by atoms with van der Waals surface area (Å²) in [4.78, 5) is 8.36. The Morgan fingerprint density at radius 3 is 3.06 bits per heavy atom. The van der Waals surface area contributed by atoms with E-state index in [1.807, 2.05) is 24.6 Å². The fourth-order valence-corrected chi connectivity index (χ4v) is 3.66. The zero-order chi connectivity index (χ0) is 12.4. The molecule has 0 aliphatic heterocycles. The third kappa shape index (κ3) is 2.74. The summed E-state index contributed by atoms with van der Waals surface area (Å²) < 4.78 is 0. The number of thiophene rings is 1. The summed E-state index contributed by atoms with van der Waals surface area (Å²) in [6, 6.07) is 2.92. The average molecular weight is 279 g/mol. The summed E-state index contributed by atoms with van der Waals surface area (Å²) in [5.41, 5.74) is 1.40. The first-order valence-electron chi connectivity index (χ1n) is 6.24. The Morgan fingerprint density at radius 1 is 1.50 bits per heavy atom. The quantitative estimate of drug-likeness (QED) is 0.880. The molecule has 1 N–H and O–H groups in total. The van der Waals surface area contributed by atoms with Crippen molar-refractivity contribution in [3.05, 3.63) is 33.5 Å². The predicted octanol–water partition coefficient (Wildman–Crippen LogP) is 3.09. The van der Waals surface area contributed by atoms with Crippen LogP contribution in [0.15, 0.2) is 23.0 Å². The number of hydrogen-bond acceptors (Lipinski definition) is 5. The lowest BCUT2D eigenvalue weighted by atomic mass is 10.3. The standard InChI is InChI=1S/C13H17N3S2/c1-14-6-12-7-15-13(18-12)16(11-2-3-11)8-10-4-5-17-9-10/h4-5,7,9,11,14H,2-3,6,8H2,1H3. The van der Waals surface area contributed by atoms with Gasteiger partial charge in [-0.1, -0.05) is 0 Å². The second-order valence-electron chi connectivity index (χ2n) is 4.63. The molecule has 2 aromatic rings. The van der Waals surface area contributed by atoms with Crippen LogP contribution in [-0.2, 0) is 13.1 Å². The number of anilines is 1. The minimum Gasteiger partial charge on any atom is -0.341 e. The van der Waals surface area contributed by atoms with Gasteiger partial charge in [-0.3, -0.25) is 0 Å². The van der Waals surface area contributed by atoms with Crippen LogP contribution in [-0.4, -0.2) is 18.1 Å². The zero-order valence-electron chi connectivity index (χ0n) is 10.4. The Morgan fingerprint density at radius 2 is 2.39 bits per heavy atom. The van der Waals surface area contributed by atoms with Gasteiger partial charge >= 0.3 is 0 Å². The lowest BCUT2D eigenvalue weighted by Gasteiger charge is -2.20. The second-order valence-corrected chi connectivity index (χ2v) is 6.50. The van der Waals surface area contributed by atoms with Gasteiger partial charge in [-0.2, -0.15) is 11.3 Å². The van der Waals surface area contributed by atoms with Crippen LogP contribution in [0.2, 0.25) is 0 Å². The monoisotopic (exact) mass is 279 g/mol. The lowest BCUT2D eigenvalue weighted by Crippen LogP contribution is -2.24.